The van der Waals surface area contributed by atoms with Gasteiger partial charge in [-0.1, -0.05) is 52.3 Å². The van der Waals surface area contributed by atoms with Crippen LogP contribution < -0.4 is 4.74 Å². The van der Waals surface area contributed by atoms with E-state index in [1.165, 1.54) is 6.07 Å². The predicted octanol–water partition coefficient (Wildman–Crippen LogP) is 4.32. The van der Waals surface area contributed by atoms with E-state index in [0.717, 1.165) is 5.56 Å². The van der Waals surface area contributed by atoms with Gasteiger partial charge in [-0.25, -0.2) is 4.39 Å². The smallest absolute Gasteiger partial charge is 0.131 e. The first kappa shape index (κ1) is 12.1. The summed E-state index contributed by atoms with van der Waals surface area (Å²) in [4.78, 5) is -0.208. The molecule has 1 nitrogen and oxygen atoms in total. The average molecular weight is 295 g/mol. The lowest BCUT2D eigenvalue weighted by Gasteiger charge is -2.15. The van der Waals surface area contributed by atoms with Crippen LogP contribution in [0.15, 0.2) is 48.5 Å². The monoisotopic (exact) mass is 294 g/mol. The van der Waals surface area contributed by atoms with E-state index in [1.807, 2.05) is 30.3 Å². The Kier molecular flexibility index (Phi) is 3.79. The fourth-order valence-corrected chi connectivity index (χ4v) is 2.48. The van der Waals surface area contributed by atoms with Crippen molar-refractivity contribution in [1.82, 2.24) is 0 Å². The fraction of sp³-hybridized carbons (Fsp3) is 0.143. The Morgan fingerprint density at radius 1 is 1.06 bits per heavy atom. The highest BCUT2D eigenvalue weighted by atomic mass is 79.9. The second-order valence-corrected chi connectivity index (χ2v) is 4.54. The van der Waals surface area contributed by atoms with Crippen LogP contribution in [0, 0.1) is 5.82 Å². The van der Waals surface area contributed by atoms with Gasteiger partial charge in [0.2, 0.25) is 0 Å². The molecule has 0 aliphatic heterocycles. The molecule has 0 saturated carbocycles. The van der Waals surface area contributed by atoms with E-state index in [0.29, 0.717) is 11.3 Å². The number of rotatable bonds is 3. The molecule has 0 heterocycles. The molecule has 0 aliphatic rings. The van der Waals surface area contributed by atoms with Crippen LogP contribution in [0.1, 0.15) is 16.0 Å². The summed E-state index contributed by atoms with van der Waals surface area (Å²) in [5.41, 5.74) is 1.53. The molecule has 0 radical (unpaired) electrons. The largest absolute Gasteiger partial charge is 0.496 e. The van der Waals surface area contributed by atoms with Gasteiger partial charge in [0.1, 0.15) is 11.6 Å². The lowest BCUT2D eigenvalue weighted by atomic mass is 10.0. The summed E-state index contributed by atoms with van der Waals surface area (Å²) in [6.07, 6.45) is 0. The molecule has 3 heteroatoms. The van der Waals surface area contributed by atoms with Gasteiger partial charge in [0.15, 0.2) is 0 Å². The molecule has 0 aromatic heterocycles. The number of ether oxygens (including phenoxy) is 1. The van der Waals surface area contributed by atoms with Crippen LogP contribution in [0.25, 0.3) is 0 Å². The lowest BCUT2D eigenvalue weighted by Crippen LogP contribution is -2.00. The maximum Gasteiger partial charge on any atom is 0.131 e. The van der Waals surface area contributed by atoms with Gasteiger partial charge in [-0.05, 0) is 17.7 Å². The SMILES string of the molecule is COc1cccc(F)c1C(Br)c1ccccc1. The van der Waals surface area contributed by atoms with Crippen LogP contribution in [0.5, 0.6) is 5.75 Å². The zero-order chi connectivity index (χ0) is 12.3. The average Bonchev–Trinajstić information content (AvgIpc) is 2.38. The Hall–Kier alpha value is -1.35. The zero-order valence-electron chi connectivity index (χ0n) is 9.36. The Labute approximate surface area is 108 Å². The molecule has 17 heavy (non-hydrogen) atoms. The molecule has 0 fully saturated rings. The number of hydrogen-bond acceptors (Lipinski definition) is 1. The minimum Gasteiger partial charge on any atom is -0.496 e. The van der Waals surface area contributed by atoms with Crippen LogP contribution >= 0.6 is 15.9 Å². The molecular weight excluding hydrogens is 283 g/mol. The summed E-state index contributed by atoms with van der Waals surface area (Å²) in [5, 5.41) is 0. The van der Waals surface area contributed by atoms with Crippen molar-refractivity contribution in [1.29, 1.82) is 0 Å². The van der Waals surface area contributed by atoms with Gasteiger partial charge in [0.25, 0.3) is 0 Å². The van der Waals surface area contributed by atoms with Crippen LogP contribution in [0.3, 0.4) is 0 Å². The number of methoxy groups -OCH3 is 1. The van der Waals surface area contributed by atoms with Crippen LogP contribution in [0.2, 0.25) is 0 Å². The van der Waals surface area contributed by atoms with Crippen molar-refractivity contribution >= 4 is 15.9 Å². The highest BCUT2D eigenvalue weighted by molar-refractivity contribution is 9.09. The molecule has 2 aromatic rings. The molecule has 1 unspecified atom stereocenters. The maximum absolute atomic E-state index is 13.9. The van der Waals surface area contributed by atoms with Crippen molar-refractivity contribution in [2.45, 2.75) is 4.83 Å². The van der Waals surface area contributed by atoms with Crippen molar-refractivity contribution in [3.63, 3.8) is 0 Å². The van der Waals surface area contributed by atoms with Crippen molar-refractivity contribution < 1.29 is 9.13 Å². The topological polar surface area (TPSA) is 9.23 Å². The number of alkyl halides is 1. The van der Waals surface area contributed by atoms with E-state index in [2.05, 4.69) is 15.9 Å². The predicted molar refractivity (Wildman–Crippen MR) is 70.2 cm³/mol. The number of hydrogen-bond donors (Lipinski definition) is 0. The third-order valence-corrected chi connectivity index (χ3v) is 3.57. The molecule has 0 aliphatic carbocycles. The normalized spacial score (nSPS) is 12.2. The highest BCUT2D eigenvalue weighted by Crippen LogP contribution is 2.37. The van der Waals surface area contributed by atoms with Gasteiger partial charge in [-0.3, -0.25) is 0 Å². The van der Waals surface area contributed by atoms with Crippen molar-refractivity contribution in [2.75, 3.05) is 7.11 Å². The van der Waals surface area contributed by atoms with Gasteiger partial charge in [0.05, 0.1) is 11.9 Å². The van der Waals surface area contributed by atoms with Gasteiger partial charge >= 0.3 is 0 Å². The van der Waals surface area contributed by atoms with Crippen LogP contribution in [0.4, 0.5) is 4.39 Å². The van der Waals surface area contributed by atoms with Gasteiger partial charge in [-0.15, -0.1) is 0 Å². The molecular formula is C14H12BrFO. The van der Waals surface area contributed by atoms with E-state index in [4.69, 9.17) is 4.74 Å². The summed E-state index contributed by atoms with van der Waals surface area (Å²) < 4.78 is 19.1. The Bertz CT molecular complexity index is 499. The van der Waals surface area contributed by atoms with Crippen LogP contribution in [-0.4, -0.2) is 7.11 Å². The third-order valence-electron chi connectivity index (χ3n) is 2.58. The number of benzene rings is 2. The standard InChI is InChI=1S/C14H12BrFO/c1-17-12-9-5-8-11(16)13(12)14(15)10-6-3-2-4-7-10/h2-9,14H,1H3. The summed E-state index contributed by atoms with van der Waals surface area (Å²) in [6.45, 7) is 0. The lowest BCUT2D eigenvalue weighted by molar-refractivity contribution is 0.405. The van der Waals surface area contributed by atoms with E-state index in [1.54, 1.807) is 19.2 Å². The summed E-state index contributed by atoms with van der Waals surface area (Å²) in [5.74, 6) is 0.283. The summed E-state index contributed by atoms with van der Waals surface area (Å²) >= 11 is 3.52. The fourth-order valence-electron chi connectivity index (χ4n) is 1.73. The molecule has 0 saturated heterocycles. The number of halogens is 2. The molecule has 1 atom stereocenters. The summed E-state index contributed by atoms with van der Waals surface area (Å²) in [6, 6.07) is 14.5. The minimum atomic E-state index is -0.268. The second-order valence-electron chi connectivity index (χ2n) is 3.63. The van der Waals surface area contributed by atoms with E-state index < -0.39 is 0 Å². The maximum atomic E-state index is 13.9. The van der Waals surface area contributed by atoms with Crippen molar-refractivity contribution in [3.05, 3.63) is 65.5 Å². The van der Waals surface area contributed by atoms with E-state index in [-0.39, 0.29) is 10.6 Å². The zero-order valence-corrected chi connectivity index (χ0v) is 10.9. The molecule has 2 rings (SSSR count). The van der Waals surface area contributed by atoms with Gasteiger partial charge < -0.3 is 4.74 Å². The Balaban J connectivity index is 2.47. The minimum absolute atomic E-state index is 0.208. The first-order valence-electron chi connectivity index (χ1n) is 5.25. The molecule has 88 valence electrons. The van der Waals surface area contributed by atoms with Gasteiger partial charge in [-0.2, -0.15) is 0 Å². The summed E-state index contributed by atoms with van der Waals surface area (Å²) in [7, 11) is 1.54. The second kappa shape index (κ2) is 5.32. The Morgan fingerprint density at radius 3 is 2.41 bits per heavy atom. The molecule has 0 N–H and O–H groups in total. The first-order valence-corrected chi connectivity index (χ1v) is 6.17. The van der Waals surface area contributed by atoms with E-state index >= 15 is 0 Å². The molecule has 2 aromatic carbocycles. The third kappa shape index (κ3) is 2.50. The first-order chi connectivity index (χ1) is 8.24. The molecule has 0 amide bonds. The highest BCUT2D eigenvalue weighted by Gasteiger charge is 2.19. The van der Waals surface area contributed by atoms with Crippen molar-refractivity contribution in [2.24, 2.45) is 0 Å². The van der Waals surface area contributed by atoms with Gasteiger partial charge in [0, 0.05) is 5.56 Å². The van der Waals surface area contributed by atoms with Crippen LogP contribution in [-0.2, 0) is 0 Å². The van der Waals surface area contributed by atoms with Crippen molar-refractivity contribution in [3.8, 4) is 5.75 Å². The van der Waals surface area contributed by atoms with E-state index in [9.17, 15) is 4.39 Å². The molecule has 0 bridgehead atoms. The quantitative estimate of drug-likeness (QED) is 0.766. The Morgan fingerprint density at radius 2 is 1.76 bits per heavy atom. The molecule has 0 spiro atoms.